The maximum atomic E-state index is 8.27. The summed E-state index contributed by atoms with van der Waals surface area (Å²) in [4.78, 5) is 0. The van der Waals surface area contributed by atoms with Crippen LogP contribution in [0.1, 0.15) is 38.5 Å². The monoisotopic (exact) mass is 179 g/mol. The van der Waals surface area contributed by atoms with E-state index >= 15 is 0 Å². The van der Waals surface area contributed by atoms with Gasteiger partial charge in [-0.3, -0.25) is 0 Å². The molecule has 0 fully saturated rings. The molecule has 0 saturated carbocycles. The van der Waals surface area contributed by atoms with Crippen LogP contribution in [0.15, 0.2) is 0 Å². The molecule has 13 heavy (non-hydrogen) atoms. The van der Waals surface area contributed by atoms with Crippen molar-refractivity contribution in [1.29, 1.82) is 10.5 Å². The van der Waals surface area contributed by atoms with Crippen LogP contribution in [0.5, 0.6) is 0 Å². The van der Waals surface area contributed by atoms with Gasteiger partial charge in [0.25, 0.3) is 0 Å². The highest BCUT2D eigenvalue weighted by Gasteiger charge is 1.89. The number of rotatable bonds is 8. The highest BCUT2D eigenvalue weighted by molar-refractivity contribution is 4.69. The molecule has 0 saturated heterocycles. The molecule has 0 aliphatic heterocycles. The number of nitrogens with one attached hydrogen (secondary N) is 1. The summed E-state index contributed by atoms with van der Waals surface area (Å²) in [6, 6.07) is 4.25. The summed E-state index contributed by atoms with van der Waals surface area (Å²) in [6.45, 7) is 1.99. The van der Waals surface area contributed by atoms with Crippen molar-refractivity contribution < 1.29 is 0 Å². The summed E-state index contributed by atoms with van der Waals surface area (Å²) in [5.74, 6) is 0. The molecular weight excluding hydrogens is 162 g/mol. The van der Waals surface area contributed by atoms with Gasteiger partial charge in [0.2, 0.25) is 0 Å². The van der Waals surface area contributed by atoms with Crippen molar-refractivity contribution in [2.75, 3.05) is 13.1 Å². The Morgan fingerprint density at radius 2 is 1.23 bits per heavy atom. The van der Waals surface area contributed by atoms with Crippen molar-refractivity contribution >= 4 is 0 Å². The Hall–Kier alpha value is -1.06. The Kier molecular flexibility index (Phi) is 10.0. The van der Waals surface area contributed by atoms with E-state index in [1.54, 1.807) is 0 Å². The molecule has 3 heteroatoms. The summed E-state index contributed by atoms with van der Waals surface area (Å²) < 4.78 is 0. The zero-order valence-electron chi connectivity index (χ0n) is 8.05. The molecule has 0 amide bonds. The molecule has 0 spiro atoms. The van der Waals surface area contributed by atoms with Gasteiger partial charge in [0.15, 0.2) is 0 Å². The third kappa shape index (κ3) is 10.9. The average molecular weight is 179 g/mol. The van der Waals surface area contributed by atoms with E-state index in [2.05, 4.69) is 17.5 Å². The van der Waals surface area contributed by atoms with Gasteiger partial charge in [0.05, 0.1) is 12.1 Å². The molecule has 0 bridgehead atoms. The lowest BCUT2D eigenvalue weighted by molar-refractivity contribution is 0.596. The highest BCUT2D eigenvalue weighted by Crippen LogP contribution is 1.93. The second-order valence-corrected chi connectivity index (χ2v) is 2.98. The Bertz CT molecular complexity index is 156. The molecular formula is C10H17N3. The minimum Gasteiger partial charge on any atom is -0.317 e. The molecule has 0 aliphatic rings. The molecule has 0 aliphatic carbocycles. The lowest BCUT2D eigenvalue weighted by Crippen LogP contribution is -2.16. The molecule has 0 unspecified atom stereocenters. The van der Waals surface area contributed by atoms with E-state index in [1.165, 1.54) is 0 Å². The standard InChI is InChI=1S/C10H17N3/c11-7-3-1-5-9-13-10-6-2-4-8-12/h13H,1-6,9-10H2. The minimum absolute atomic E-state index is 0.663. The third-order valence-corrected chi connectivity index (χ3v) is 1.78. The minimum atomic E-state index is 0.663. The summed E-state index contributed by atoms with van der Waals surface area (Å²) in [7, 11) is 0. The largest absolute Gasteiger partial charge is 0.317 e. The molecule has 0 aromatic heterocycles. The fraction of sp³-hybridized carbons (Fsp3) is 0.800. The second kappa shape index (κ2) is 10.9. The lowest BCUT2D eigenvalue weighted by atomic mass is 10.2. The van der Waals surface area contributed by atoms with E-state index in [1.807, 2.05) is 0 Å². The van der Waals surface area contributed by atoms with Gasteiger partial charge < -0.3 is 5.32 Å². The van der Waals surface area contributed by atoms with E-state index in [0.717, 1.165) is 38.8 Å². The molecule has 0 atom stereocenters. The van der Waals surface area contributed by atoms with Gasteiger partial charge in [0.1, 0.15) is 0 Å². The second-order valence-electron chi connectivity index (χ2n) is 2.98. The first-order chi connectivity index (χ1) is 6.41. The van der Waals surface area contributed by atoms with Gasteiger partial charge in [-0.25, -0.2) is 0 Å². The van der Waals surface area contributed by atoms with Gasteiger partial charge >= 0.3 is 0 Å². The molecule has 72 valence electrons. The van der Waals surface area contributed by atoms with Crippen LogP contribution in [0.4, 0.5) is 0 Å². The van der Waals surface area contributed by atoms with Crippen LogP contribution in [-0.4, -0.2) is 13.1 Å². The van der Waals surface area contributed by atoms with Crippen LogP contribution in [0, 0.1) is 22.7 Å². The van der Waals surface area contributed by atoms with E-state index in [-0.39, 0.29) is 0 Å². The van der Waals surface area contributed by atoms with Crippen LogP contribution < -0.4 is 5.32 Å². The Morgan fingerprint density at radius 3 is 1.62 bits per heavy atom. The van der Waals surface area contributed by atoms with Crippen LogP contribution in [0.2, 0.25) is 0 Å². The summed E-state index contributed by atoms with van der Waals surface area (Å²) in [5, 5.41) is 19.8. The first-order valence-electron chi connectivity index (χ1n) is 4.86. The van der Waals surface area contributed by atoms with Crippen LogP contribution in [0.3, 0.4) is 0 Å². The number of nitrogens with zero attached hydrogens (tertiary/aromatic N) is 2. The molecule has 1 N–H and O–H groups in total. The van der Waals surface area contributed by atoms with E-state index < -0.39 is 0 Å². The quantitative estimate of drug-likeness (QED) is 0.579. The van der Waals surface area contributed by atoms with Crippen molar-refractivity contribution in [3.05, 3.63) is 0 Å². The first kappa shape index (κ1) is 11.9. The smallest absolute Gasteiger partial charge is 0.0621 e. The number of hydrogen-bond donors (Lipinski definition) is 1. The number of hydrogen-bond acceptors (Lipinski definition) is 3. The van der Waals surface area contributed by atoms with E-state index in [0.29, 0.717) is 12.8 Å². The fourth-order valence-electron chi connectivity index (χ4n) is 1.03. The predicted octanol–water partition coefficient (Wildman–Crippen LogP) is 1.96. The van der Waals surface area contributed by atoms with Gasteiger partial charge in [-0.2, -0.15) is 10.5 Å². The third-order valence-electron chi connectivity index (χ3n) is 1.78. The topological polar surface area (TPSA) is 59.6 Å². The first-order valence-corrected chi connectivity index (χ1v) is 4.86. The molecule has 0 radical (unpaired) electrons. The fourth-order valence-corrected chi connectivity index (χ4v) is 1.03. The van der Waals surface area contributed by atoms with Gasteiger partial charge in [-0.05, 0) is 38.8 Å². The molecule has 0 heterocycles. The predicted molar refractivity (Wildman–Crippen MR) is 51.8 cm³/mol. The van der Waals surface area contributed by atoms with Crippen LogP contribution in [-0.2, 0) is 0 Å². The SMILES string of the molecule is N#CCCCCNCCCCC#N. The number of nitriles is 2. The van der Waals surface area contributed by atoms with Gasteiger partial charge in [0, 0.05) is 12.8 Å². The number of unbranched alkanes of at least 4 members (excludes halogenated alkanes) is 4. The van der Waals surface area contributed by atoms with Crippen LogP contribution in [0.25, 0.3) is 0 Å². The Balaban J connectivity index is 2.85. The zero-order chi connectivity index (χ0) is 9.78. The van der Waals surface area contributed by atoms with Crippen molar-refractivity contribution in [2.45, 2.75) is 38.5 Å². The normalized spacial score (nSPS) is 9.08. The van der Waals surface area contributed by atoms with E-state index in [9.17, 15) is 0 Å². The van der Waals surface area contributed by atoms with Crippen molar-refractivity contribution in [1.82, 2.24) is 5.32 Å². The van der Waals surface area contributed by atoms with Gasteiger partial charge in [-0.1, -0.05) is 0 Å². The van der Waals surface area contributed by atoms with Gasteiger partial charge in [-0.15, -0.1) is 0 Å². The molecule has 0 aromatic carbocycles. The Morgan fingerprint density at radius 1 is 0.769 bits per heavy atom. The van der Waals surface area contributed by atoms with Crippen molar-refractivity contribution in [3.8, 4) is 12.1 Å². The molecule has 3 nitrogen and oxygen atoms in total. The highest BCUT2D eigenvalue weighted by atomic mass is 14.8. The van der Waals surface area contributed by atoms with Crippen molar-refractivity contribution in [2.24, 2.45) is 0 Å². The Labute approximate surface area is 80.4 Å². The average Bonchev–Trinajstić information content (AvgIpc) is 2.16. The molecule has 0 aromatic rings. The zero-order valence-corrected chi connectivity index (χ0v) is 8.05. The maximum Gasteiger partial charge on any atom is 0.0621 e. The maximum absolute atomic E-state index is 8.27. The van der Waals surface area contributed by atoms with E-state index in [4.69, 9.17) is 10.5 Å². The van der Waals surface area contributed by atoms with Crippen molar-refractivity contribution in [3.63, 3.8) is 0 Å². The molecule has 0 rings (SSSR count). The summed E-state index contributed by atoms with van der Waals surface area (Å²) in [6.07, 6.45) is 5.45. The lowest BCUT2D eigenvalue weighted by Gasteiger charge is -2.01. The van der Waals surface area contributed by atoms with Crippen LogP contribution >= 0.6 is 0 Å². The summed E-state index contributed by atoms with van der Waals surface area (Å²) >= 11 is 0. The summed E-state index contributed by atoms with van der Waals surface area (Å²) in [5.41, 5.74) is 0.